The molecule has 0 radical (unpaired) electrons. The summed E-state index contributed by atoms with van der Waals surface area (Å²) in [7, 11) is 0. The minimum Gasteiger partial charge on any atom is -0.376 e. The molecule has 1 aliphatic rings. The zero-order valence-electron chi connectivity index (χ0n) is 12.5. The van der Waals surface area contributed by atoms with E-state index in [9.17, 15) is 9.59 Å². The normalized spacial score (nSPS) is 15.5. The van der Waals surface area contributed by atoms with E-state index in [0.717, 1.165) is 25.2 Å². The second-order valence-electron chi connectivity index (χ2n) is 5.19. The van der Waals surface area contributed by atoms with Crippen molar-refractivity contribution in [2.75, 3.05) is 38.0 Å². The fourth-order valence-corrected chi connectivity index (χ4v) is 2.49. The van der Waals surface area contributed by atoms with Gasteiger partial charge in [-0.2, -0.15) is 0 Å². The highest BCUT2D eigenvalue weighted by Gasteiger charge is 2.20. The van der Waals surface area contributed by atoms with Crippen LogP contribution in [0.1, 0.15) is 19.8 Å². The quantitative estimate of drug-likeness (QED) is 0.915. The molecule has 0 unspecified atom stereocenters. The molecule has 2 rings (SSSR count). The van der Waals surface area contributed by atoms with Gasteiger partial charge >= 0.3 is 0 Å². The van der Waals surface area contributed by atoms with Crippen LogP contribution in [0.15, 0.2) is 30.3 Å². The fourth-order valence-electron chi connectivity index (χ4n) is 2.49. The van der Waals surface area contributed by atoms with Crippen molar-refractivity contribution in [3.05, 3.63) is 30.3 Å². The van der Waals surface area contributed by atoms with Crippen molar-refractivity contribution in [2.24, 2.45) is 0 Å². The van der Waals surface area contributed by atoms with Crippen LogP contribution in [0, 0.1) is 0 Å². The Morgan fingerprint density at radius 1 is 1.00 bits per heavy atom. The SMILES string of the molecule is CCC(=O)N1CCCN(C(=O)CNc2ccccc2)CC1. The van der Waals surface area contributed by atoms with Gasteiger partial charge in [0.05, 0.1) is 6.54 Å². The van der Waals surface area contributed by atoms with Gasteiger partial charge in [0.15, 0.2) is 0 Å². The Bertz CT molecular complexity index is 476. The summed E-state index contributed by atoms with van der Waals surface area (Å²) in [6.07, 6.45) is 1.38. The highest BCUT2D eigenvalue weighted by atomic mass is 16.2. The van der Waals surface area contributed by atoms with E-state index < -0.39 is 0 Å². The highest BCUT2D eigenvalue weighted by molar-refractivity contribution is 5.81. The van der Waals surface area contributed by atoms with Crippen LogP contribution in [0.4, 0.5) is 5.69 Å². The van der Waals surface area contributed by atoms with Crippen LogP contribution in [0.2, 0.25) is 0 Å². The lowest BCUT2D eigenvalue weighted by Crippen LogP contribution is -2.39. The van der Waals surface area contributed by atoms with Gasteiger partial charge in [-0.25, -0.2) is 0 Å². The summed E-state index contributed by atoms with van der Waals surface area (Å²) in [4.78, 5) is 27.7. The molecule has 0 spiro atoms. The van der Waals surface area contributed by atoms with Crippen molar-refractivity contribution in [3.8, 4) is 0 Å². The van der Waals surface area contributed by atoms with Crippen molar-refractivity contribution in [2.45, 2.75) is 19.8 Å². The lowest BCUT2D eigenvalue weighted by atomic mass is 10.3. The number of amides is 2. The highest BCUT2D eigenvalue weighted by Crippen LogP contribution is 2.07. The third kappa shape index (κ3) is 4.48. The van der Waals surface area contributed by atoms with Crippen molar-refractivity contribution in [1.82, 2.24) is 9.80 Å². The molecule has 1 fully saturated rings. The second-order valence-corrected chi connectivity index (χ2v) is 5.19. The Morgan fingerprint density at radius 3 is 2.24 bits per heavy atom. The van der Waals surface area contributed by atoms with Crippen LogP contribution in [0.25, 0.3) is 0 Å². The van der Waals surface area contributed by atoms with Gasteiger partial charge in [0.1, 0.15) is 0 Å². The Hall–Kier alpha value is -2.04. The minimum absolute atomic E-state index is 0.0876. The fraction of sp³-hybridized carbons (Fsp3) is 0.500. The number of nitrogens with zero attached hydrogens (tertiary/aromatic N) is 2. The van der Waals surface area contributed by atoms with Gasteiger partial charge in [0.2, 0.25) is 11.8 Å². The molecule has 1 aromatic carbocycles. The molecule has 1 N–H and O–H groups in total. The van der Waals surface area contributed by atoms with Gasteiger partial charge in [-0.3, -0.25) is 9.59 Å². The van der Waals surface area contributed by atoms with Crippen LogP contribution in [0.5, 0.6) is 0 Å². The molecule has 0 saturated carbocycles. The molecule has 0 aliphatic carbocycles. The maximum atomic E-state index is 12.2. The van der Waals surface area contributed by atoms with Crippen LogP contribution < -0.4 is 5.32 Å². The van der Waals surface area contributed by atoms with Crippen LogP contribution >= 0.6 is 0 Å². The van der Waals surface area contributed by atoms with Crippen molar-refractivity contribution in [1.29, 1.82) is 0 Å². The van der Waals surface area contributed by atoms with Crippen molar-refractivity contribution < 1.29 is 9.59 Å². The first-order valence-electron chi connectivity index (χ1n) is 7.55. The number of benzene rings is 1. The summed E-state index contributed by atoms with van der Waals surface area (Å²) in [5, 5.41) is 3.14. The number of carbonyl (C=O) groups is 2. The molecular formula is C16H23N3O2. The number of carbonyl (C=O) groups excluding carboxylic acids is 2. The van der Waals surface area contributed by atoms with Gasteiger partial charge in [0, 0.05) is 38.3 Å². The molecule has 114 valence electrons. The molecule has 1 aliphatic heterocycles. The topological polar surface area (TPSA) is 52.7 Å². The average molecular weight is 289 g/mol. The Kier molecular flexibility index (Phi) is 5.60. The predicted molar refractivity (Wildman–Crippen MR) is 83.0 cm³/mol. The molecule has 21 heavy (non-hydrogen) atoms. The molecule has 0 aromatic heterocycles. The monoisotopic (exact) mass is 289 g/mol. The van der Waals surface area contributed by atoms with E-state index in [1.54, 1.807) is 0 Å². The molecule has 0 bridgehead atoms. The summed E-state index contributed by atoms with van der Waals surface area (Å²) in [5.74, 6) is 0.261. The predicted octanol–water partition coefficient (Wildman–Crippen LogP) is 1.57. The van der Waals surface area contributed by atoms with E-state index in [0.29, 0.717) is 26.1 Å². The molecule has 0 atom stereocenters. The first kappa shape index (κ1) is 15.4. The Morgan fingerprint density at radius 2 is 1.62 bits per heavy atom. The number of hydrogen-bond donors (Lipinski definition) is 1. The molecule has 1 aromatic rings. The Labute approximate surface area is 125 Å². The molecule has 5 nitrogen and oxygen atoms in total. The second kappa shape index (κ2) is 7.67. The van der Waals surface area contributed by atoms with Crippen molar-refractivity contribution >= 4 is 17.5 Å². The van der Waals surface area contributed by atoms with Gasteiger partial charge in [-0.15, -0.1) is 0 Å². The zero-order chi connectivity index (χ0) is 15.1. The lowest BCUT2D eigenvalue weighted by Gasteiger charge is -2.22. The van der Waals surface area contributed by atoms with E-state index in [2.05, 4.69) is 5.32 Å². The average Bonchev–Trinajstić information content (AvgIpc) is 2.79. The minimum atomic E-state index is 0.0876. The number of hydrogen-bond acceptors (Lipinski definition) is 3. The zero-order valence-corrected chi connectivity index (χ0v) is 12.5. The number of anilines is 1. The molecule has 1 saturated heterocycles. The summed E-state index contributed by atoms with van der Waals surface area (Å²) in [6, 6.07) is 9.70. The van der Waals surface area contributed by atoms with E-state index >= 15 is 0 Å². The lowest BCUT2D eigenvalue weighted by molar-refractivity contribution is -0.132. The summed E-state index contributed by atoms with van der Waals surface area (Å²) in [6.45, 7) is 4.92. The molecule has 2 amide bonds. The summed E-state index contributed by atoms with van der Waals surface area (Å²) in [5.41, 5.74) is 0.948. The summed E-state index contributed by atoms with van der Waals surface area (Å²) >= 11 is 0. The maximum absolute atomic E-state index is 12.2. The number of rotatable bonds is 4. The summed E-state index contributed by atoms with van der Waals surface area (Å²) < 4.78 is 0. The third-order valence-electron chi connectivity index (χ3n) is 3.72. The van der Waals surface area contributed by atoms with Gasteiger partial charge in [-0.05, 0) is 18.6 Å². The number of nitrogens with one attached hydrogen (secondary N) is 1. The Balaban J connectivity index is 1.81. The number of para-hydroxylation sites is 1. The van der Waals surface area contributed by atoms with Crippen LogP contribution in [-0.4, -0.2) is 54.3 Å². The van der Waals surface area contributed by atoms with Crippen LogP contribution in [-0.2, 0) is 9.59 Å². The van der Waals surface area contributed by atoms with Gasteiger partial charge < -0.3 is 15.1 Å². The van der Waals surface area contributed by atoms with Crippen LogP contribution in [0.3, 0.4) is 0 Å². The third-order valence-corrected chi connectivity index (χ3v) is 3.72. The maximum Gasteiger partial charge on any atom is 0.241 e. The largest absolute Gasteiger partial charge is 0.376 e. The molecule has 1 heterocycles. The van der Waals surface area contributed by atoms with Crippen molar-refractivity contribution in [3.63, 3.8) is 0 Å². The first-order valence-corrected chi connectivity index (χ1v) is 7.55. The molecule has 5 heteroatoms. The molecular weight excluding hydrogens is 266 g/mol. The van der Waals surface area contributed by atoms with E-state index in [-0.39, 0.29) is 11.8 Å². The van der Waals surface area contributed by atoms with E-state index in [1.165, 1.54) is 0 Å². The van der Waals surface area contributed by atoms with Gasteiger partial charge in [-0.1, -0.05) is 25.1 Å². The van der Waals surface area contributed by atoms with E-state index in [4.69, 9.17) is 0 Å². The standard InChI is InChI=1S/C16H23N3O2/c1-2-15(20)18-9-6-10-19(12-11-18)16(21)13-17-14-7-4-3-5-8-14/h3-5,7-8,17H,2,6,9-13H2,1H3. The smallest absolute Gasteiger partial charge is 0.241 e. The van der Waals surface area contributed by atoms with E-state index in [1.807, 2.05) is 47.1 Å². The first-order chi connectivity index (χ1) is 10.2. The van der Waals surface area contributed by atoms with Gasteiger partial charge in [0.25, 0.3) is 0 Å².